The molecule has 0 bridgehead atoms. The number of hydrogen-bond acceptors (Lipinski definition) is 3. The summed E-state index contributed by atoms with van der Waals surface area (Å²) >= 11 is 0. The Balaban J connectivity index is 3.48. The number of aliphatic hydroxyl groups excluding tert-OH is 2. The molecule has 0 aromatic rings. The molecule has 0 aromatic heterocycles. The lowest BCUT2D eigenvalue weighted by molar-refractivity contribution is -0.123. The van der Waals surface area contributed by atoms with Gasteiger partial charge in [0.2, 0.25) is 5.91 Å². The van der Waals surface area contributed by atoms with Crippen molar-refractivity contribution in [3.05, 3.63) is 36.5 Å². The van der Waals surface area contributed by atoms with Crippen molar-refractivity contribution >= 4 is 5.91 Å². The van der Waals surface area contributed by atoms with E-state index in [1.54, 1.807) is 6.08 Å². The Morgan fingerprint density at radius 2 is 0.582 bits per heavy atom. The molecule has 0 heterocycles. The number of hydrogen-bond donors (Lipinski definition) is 3. The van der Waals surface area contributed by atoms with Gasteiger partial charge in [0.05, 0.1) is 18.8 Å². The van der Waals surface area contributed by atoms with Gasteiger partial charge in [-0.1, -0.05) is 314 Å². The lowest BCUT2D eigenvalue weighted by atomic mass is 10.0. The molecule has 0 aliphatic heterocycles. The molecule has 4 heteroatoms. The van der Waals surface area contributed by atoms with E-state index < -0.39 is 12.1 Å². The van der Waals surface area contributed by atoms with Crippen LogP contribution in [0.3, 0.4) is 0 Å². The maximum atomic E-state index is 12.5. The molecule has 67 heavy (non-hydrogen) atoms. The predicted molar refractivity (Wildman–Crippen MR) is 299 cm³/mol. The van der Waals surface area contributed by atoms with Gasteiger partial charge in [-0.3, -0.25) is 4.79 Å². The van der Waals surface area contributed by atoms with Crippen LogP contribution in [0.25, 0.3) is 0 Å². The first-order valence-corrected chi connectivity index (χ1v) is 30.7. The third-order valence-electron chi connectivity index (χ3n) is 14.3. The Bertz CT molecular complexity index is 1020. The van der Waals surface area contributed by atoms with Crippen molar-refractivity contribution in [1.82, 2.24) is 5.32 Å². The van der Waals surface area contributed by atoms with Crippen LogP contribution < -0.4 is 5.32 Å². The second-order valence-corrected chi connectivity index (χ2v) is 21.1. The van der Waals surface area contributed by atoms with Crippen LogP contribution in [0.4, 0.5) is 0 Å². The Kier molecular flexibility index (Phi) is 57.7. The minimum Gasteiger partial charge on any atom is -0.394 e. The van der Waals surface area contributed by atoms with E-state index in [1.165, 1.54) is 289 Å². The van der Waals surface area contributed by atoms with Gasteiger partial charge in [-0.2, -0.15) is 0 Å². The zero-order chi connectivity index (χ0) is 48.5. The fraction of sp³-hybridized carbons (Fsp3) is 0.889. The third-order valence-corrected chi connectivity index (χ3v) is 14.3. The monoisotopic (exact) mass is 940 g/mol. The fourth-order valence-electron chi connectivity index (χ4n) is 9.66. The number of unbranched alkanes of at least 4 members (excludes halogenated alkanes) is 46. The number of rotatable bonds is 57. The van der Waals surface area contributed by atoms with Crippen molar-refractivity contribution in [1.29, 1.82) is 0 Å². The topological polar surface area (TPSA) is 69.6 Å². The summed E-state index contributed by atoms with van der Waals surface area (Å²) in [5.74, 6) is -0.0680. The third kappa shape index (κ3) is 55.4. The van der Waals surface area contributed by atoms with Crippen LogP contribution in [-0.4, -0.2) is 34.9 Å². The second kappa shape index (κ2) is 58.9. The maximum absolute atomic E-state index is 12.5. The van der Waals surface area contributed by atoms with E-state index in [4.69, 9.17) is 0 Å². The van der Waals surface area contributed by atoms with Crippen LogP contribution >= 0.6 is 0 Å². The molecule has 2 atom stereocenters. The van der Waals surface area contributed by atoms with Crippen LogP contribution in [0, 0.1) is 0 Å². The van der Waals surface area contributed by atoms with Crippen LogP contribution in [0.5, 0.6) is 0 Å². The van der Waals surface area contributed by atoms with E-state index in [0.717, 1.165) is 32.1 Å². The first-order valence-electron chi connectivity index (χ1n) is 30.7. The highest BCUT2D eigenvalue weighted by Gasteiger charge is 2.18. The molecular weight excluding hydrogens is 819 g/mol. The molecule has 1 amide bonds. The van der Waals surface area contributed by atoms with Gasteiger partial charge in [-0.15, -0.1) is 0 Å². The molecule has 0 saturated heterocycles. The summed E-state index contributed by atoms with van der Waals surface area (Å²) in [6.07, 6.45) is 80.5. The van der Waals surface area contributed by atoms with Gasteiger partial charge in [-0.25, -0.2) is 0 Å². The smallest absolute Gasteiger partial charge is 0.220 e. The molecule has 0 aliphatic rings. The minimum absolute atomic E-state index is 0.0680. The summed E-state index contributed by atoms with van der Waals surface area (Å²) in [6.45, 7) is 4.34. The summed E-state index contributed by atoms with van der Waals surface area (Å²) in [5.41, 5.74) is 0. The van der Waals surface area contributed by atoms with Crippen LogP contribution in [0.2, 0.25) is 0 Å². The molecule has 0 aliphatic carbocycles. The maximum Gasteiger partial charge on any atom is 0.220 e. The van der Waals surface area contributed by atoms with Gasteiger partial charge in [0.15, 0.2) is 0 Å². The van der Waals surface area contributed by atoms with Gasteiger partial charge in [0.25, 0.3) is 0 Å². The number of carbonyl (C=O) groups is 1. The van der Waals surface area contributed by atoms with Gasteiger partial charge < -0.3 is 15.5 Å². The highest BCUT2D eigenvalue weighted by atomic mass is 16.3. The van der Waals surface area contributed by atoms with Gasteiger partial charge >= 0.3 is 0 Å². The van der Waals surface area contributed by atoms with Crippen LogP contribution in [-0.2, 0) is 4.79 Å². The van der Waals surface area contributed by atoms with Crippen molar-refractivity contribution in [2.45, 2.75) is 353 Å². The normalized spacial score (nSPS) is 13.0. The van der Waals surface area contributed by atoms with Crippen LogP contribution in [0.15, 0.2) is 36.5 Å². The molecule has 4 nitrogen and oxygen atoms in total. The molecule has 0 spiro atoms. The first-order chi connectivity index (χ1) is 33.2. The molecule has 0 aromatic carbocycles. The summed E-state index contributed by atoms with van der Waals surface area (Å²) in [7, 11) is 0. The molecule has 3 N–H and O–H groups in total. The van der Waals surface area contributed by atoms with E-state index in [9.17, 15) is 15.0 Å². The van der Waals surface area contributed by atoms with Crippen LogP contribution in [0.1, 0.15) is 341 Å². The average Bonchev–Trinajstić information content (AvgIpc) is 3.33. The fourth-order valence-corrected chi connectivity index (χ4v) is 9.66. The van der Waals surface area contributed by atoms with Crippen molar-refractivity contribution < 1.29 is 15.0 Å². The minimum atomic E-state index is -0.862. The van der Waals surface area contributed by atoms with E-state index in [0.29, 0.717) is 6.42 Å². The zero-order valence-electron chi connectivity index (χ0n) is 45.7. The van der Waals surface area contributed by atoms with Crippen molar-refractivity contribution in [3.63, 3.8) is 0 Å². The van der Waals surface area contributed by atoms with E-state index >= 15 is 0 Å². The summed E-state index contributed by atoms with van der Waals surface area (Å²) in [6, 6.07) is -0.639. The summed E-state index contributed by atoms with van der Waals surface area (Å²) in [4.78, 5) is 12.5. The molecule has 0 fully saturated rings. The first kappa shape index (κ1) is 65.6. The van der Waals surface area contributed by atoms with Gasteiger partial charge in [0.1, 0.15) is 0 Å². The zero-order valence-corrected chi connectivity index (χ0v) is 45.7. The van der Waals surface area contributed by atoms with Crippen molar-refractivity contribution in [2.75, 3.05) is 6.61 Å². The predicted octanol–water partition coefficient (Wildman–Crippen LogP) is 20.4. The second-order valence-electron chi connectivity index (χ2n) is 21.1. The Morgan fingerprint density at radius 1 is 0.343 bits per heavy atom. The van der Waals surface area contributed by atoms with Gasteiger partial charge in [0, 0.05) is 6.42 Å². The SMILES string of the molecule is CCCCCCCCCC/C=C\CCCCCCCCCCCCCCCCCC(=O)NC(CO)C(O)/C=C/CC/C=C/CCCCCCCCCCCCCCCCCCCCCCCC. The summed E-state index contributed by atoms with van der Waals surface area (Å²) in [5, 5.41) is 23.2. The largest absolute Gasteiger partial charge is 0.394 e. The van der Waals surface area contributed by atoms with Gasteiger partial charge in [-0.05, 0) is 57.8 Å². The lowest BCUT2D eigenvalue weighted by Crippen LogP contribution is -2.45. The number of allylic oxidation sites excluding steroid dienone is 5. The number of aliphatic hydroxyl groups is 2. The number of carbonyl (C=O) groups excluding carboxylic acids is 1. The molecule has 0 radical (unpaired) electrons. The molecular formula is C63H121NO3. The standard InChI is InChI=1S/C63H121NO3/c1-3-5-7-9-11-13-15-17-19-21-23-25-27-29-31-33-34-36-38-40-42-44-46-48-50-52-54-56-58-62(66)61(60-65)64-63(67)59-57-55-53-51-49-47-45-43-41-39-37-35-32-30-28-26-24-22-20-18-16-14-12-10-8-6-4-2/h22,24,48,50,56,58,61-62,65-66H,3-21,23,25-47,49,51-55,57,59-60H2,1-2H3,(H,64,67)/b24-22-,50-48+,58-56+. The van der Waals surface area contributed by atoms with Crippen molar-refractivity contribution in [3.8, 4) is 0 Å². The Morgan fingerprint density at radius 3 is 0.866 bits per heavy atom. The number of nitrogens with one attached hydrogen (secondary N) is 1. The molecule has 0 saturated carbocycles. The highest BCUT2D eigenvalue weighted by Crippen LogP contribution is 2.18. The highest BCUT2D eigenvalue weighted by molar-refractivity contribution is 5.76. The van der Waals surface area contributed by atoms with E-state index in [1.807, 2.05) is 6.08 Å². The molecule has 0 rings (SSSR count). The Hall–Kier alpha value is -1.39. The summed E-state index contributed by atoms with van der Waals surface area (Å²) < 4.78 is 0. The average molecular weight is 941 g/mol. The molecule has 2 unspecified atom stereocenters. The quantitative estimate of drug-likeness (QED) is 0.0420. The Labute approximate surface area is 421 Å². The lowest BCUT2D eigenvalue weighted by Gasteiger charge is -2.19. The number of amides is 1. The molecule has 396 valence electrons. The van der Waals surface area contributed by atoms with Crippen molar-refractivity contribution in [2.24, 2.45) is 0 Å². The van der Waals surface area contributed by atoms with E-state index in [-0.39, 0.29) is 12.5 Å². The van der Waals surface area contributed by atoms with E-state index in [2.05, 4.69) is 43.5 Å².